The predicted molar refractivity (Wildman–Crippen MR) is 87.9 cm³/mol. The molecule has 3 rings (SSSR count). The maximum absolute atomic E-state index is 6.10. The number of aromatic nitrogens is 4. The van der Waals surface area contributed by atoms with Crippen LogP contribution in [-0.2, 0) is 20.1 Å². The van der Waals surface area contributed by atoms with Crippen LogP contribution in [0.1, 0.15) is 17.3 Å². The largest absolute Gasteiger partial charge is 0.424 e. The monoisotopic (exact) mass is 331 g/mol. The van der Waals surface area contributed by atoms with Crippen LogP contribution in [-0.4, -0.2) is 31.9 Å². The maximum atomic E-state index is 6.10. The molecule has 7 heteroatoms. The Morgan fingerprint density at radius 3 is 2.78 bits per heavy atom. The van der Waals surface area contributed by atoms with Gasteiger partial charge in [-0.25, -0.2) is 0 Å². The maximum Gasteiger partial charge on any atom is 0.230 e. The summed E-state index contributed by atoms with van der Waals surface area (Å²) in [5.74, 6) is 1.19. The molecule has 6 nitrogen and oxygen atoms in total. The third-order valence-corrected chi connectivity index (χ3v) is 3.65. The van der Waals surface area contributed by atoms with Crippen molar-refractivity contribution in [3.63, 3.8) is 0 Å². The third kappa shape index (κ3) is 3.78. The first kappa shape index (κ1) is 15.7. The van der Waals surface area contributed by atoms with Crippen LogP contribution in [0.4, 0.5) is 0 Å². The number of nitrogens with zero attached hydrogens (tertiary/aromatic N) is 5. The average molecular weight is 332 g/mol. The molecule has 120 valence electrons. The summed E-state index contributed by atoms with van der Waals surface area (Å²) in [5.41, 5.74) is 3.06. The zero-order chi connectivity index (χ0) is 16.4. The number of hydrogen-bond donors (Lipinski definition) is 0. The molecule has 0 aliphatic rings. The van der Waals surface area contributed by atoms with E-state index < -0.39 is 0 Å². The molecule has 23 heavy (non-hydrogen) atoms. The van der Waals surface area contributed by atoms with Crippen LogP contribution >= 0.6 is 11.6 Å². The molecule has 3 aromatic rings. The third-order valence-electron chi connectivity index (χ3n) is 3.42. The fourth-order valence-electron chi connectivity index (χ4n) is 2.51. The van der Waals surface area contributed by atoms with Gasteiger partial charge in [-0.2, -0.15) is 5.10 Å². The van der Waals surface area contributed by atoms with Crippen molar-refractivity contribution in [2.24, 2.45) is 7.05 Å². The second-order valence-corrected chi connectivity index (χ2v) is 6.01. The van der Waals surface area contributed by atoms with E-state index in [4.69, 9.17) is 16.0 Å². The summed E-state index contributed by atoms with van der Waals surface area (Å²) < 4.78 is 7.24. The van der Waals surface area contributed by atoms with Gasteiger partial charge in [0.1, 0.15) is 0 Å². The van der Waals surface area contributed by atoms with E-state index >= 15 is 0 Å². The lowest BCUT2D eigenvalue weighted by Crippen LogP contribution is -2.17. The molecule has 0 saturated heterocycles. The molecular weight excluding hydrogens is 314 g/mol. The second kappa shape index (κ2) is 6.52. The van der Waals surface area contributed by atoms with Crippen LogP contribution in [0.15, 0.2) is 34.9 Å². The van der Waals surface area contributed by atoms with Crippen molar-refractivity contribution in [3.8, 4) is 11.3 Å². The zero-order valence-electron chi connectivity index (χ0n) is 13.3. The van der Waals surface area contributed by atoms with E-state index in [1.54, 1.807) is 6.92 Å². The predicted octanol–water partition coefficient (Wildman–Crippen LogP) is 3.06. The van der Waals surface area contributed by atoms with Gasteiger partial charge in [-0.05, 0) is 19.2 Å². The average Bonchev–Trinajstić information content (AvgIpc) is 3.05. The number of hydrogen-bond acceptors (Lipinski definition) is 5. The molecule has 0 aliphatic heterocycles. The van der Waals surface area contributed by atoms with Gasteiger partial charge in [0.2, 0.25) is 11.8 Å². The van der Waals surface area contributed by atoms with E-state index in [1.165, 1.54) is 0 Å². The molecule has 1 aromatic carbocycles. The molecule has 2 heterocycles. The fraction of sp³-hybridized carbons (Fsp3) is 0.312. The summed E-state index contributed by atoms with van der Waals surface area (Å²) >= 11 is 6.10. The lowest BCUT2D eigenvalue weighted by Gasteiger charge is -2.14. The van der Waals surface area contributed by atoms with Gasteiger partial charge in [0.15, 0.2) is 0 Å². The molecule has 0 amide bonds. The Kier molecular flexibility index (Phi) is 4.45. The van der Waals surface area contributed by atoms with Crippen LogP contribution in [0.2, 0.25) is 5.02 Å². The van der Waals surface area contributed by atoms with E-state index in [0.29, 0.717) is 23.3 Å². The summed E-state index contributed by atoms with van der Waals surface area (Å²) in [6, 6.07) is 7.73. The molecule has 0 N–H and O–H groups in total. The molecular formula is C16H18ClN5O. The number of halogens is 1. The first-order valence-electron chi connectivity index (χ1n) is 7.27. The molecule has 0 saturated carbocycles. The van der Waals surface area contributed by atoms with Crippen molar-refractivity contribution in [1.29, 1.82) is 0 Å². The van der Waals surface area contributed by atoms with Crippen LogP contribution < -0.4 is 0 Å². The molecule has 2 aromatic heterocycles. The second-order valence-electron chi connectivity index (χ2n) is 5.57. The Hall–Kier alpha value is -2.18. The Balaban J connectivity index is 1.80. The van der Waals surface area contributed by atoms with Crippen molar-refractivity contribution in [3.05, 3.63) is 52.8 Å². The molecule has 0 radical (unpaired) electrons. The summed E-state index contributed by atoms with van der Waals surface area (Å²) in [6.07, 6.45) is 2.02. The smallest absolute Gasteiger partial charge is 0.230 e. The summed E-state index contributed by atoms with van der Waals surface area (Å²) in [5, 5.41) is 13.1. The molecule has 0 bridgehead atoms. The summed E-state index contributed by atoms with van der Waals surface area (Å²) in [6.45, 7) is 3.09. The van der Waals surface area contributed by atoms with Crippen LogP contribution in [0.25, 0.3) is 11.3 Å². The minimum absolute atomic E-state index is 0.578. The minimum Gasteiger partial charge on any atom is -0.424 e. The minimum atomic E-state index is 0.578. The number of rotatable bonds is 5. The summed E-state index contributed by atoms with van der Waals surface area (Å²) in [7, 11) is 3.92. The van der Waals surface area contributed by atoms with Crippen LogP contribution in [0.3, 0.4) is 0 Å². The standard InChI is InChI=1S/C16H18ClN5O/c1-11-18-19-15(23-11)10-21(2)8-13-9-22(3)20-16(13)12-5-4-6-14(17)7-12/h4-7,9H,8,10H2,1-3H3. The van der Waals surface area contributed by atoms with E-state index in [2.05, 4.69) is 20.2 Å². The molecule has 0 aliphatic carbocycles. The highest BCUT2D eigenvalue weighted by Crippen LogP contribution is 2.25. The molecule has 0 unspecified atom stereocenters. The first-order valence-corrected chi connectivity index (χ1v) is 7.65. The highest BCUT2D eigenvalue weighted by molar-refractivity contribution is 6.30. The van der Waals surface area contributed by atoms with Gasteiger partial charge in [-0.1, -0.05) is 23.7 Å². The lowest BCUT2D eigenvalue weighted by molar-refractivity contribution is 0.279. The van der Waals surface area contributed by atoms with Gasteiger partial charge in [0.25, 0.3) is 0 Å². The van der Waals surface area contributed by atoms with Crippen LogP contribution in [0, 0.1) is 6.92 Å². The van der Waals surface area contributed by atoms with Gasteiger partial charge >= 0.3 is 0 Å². The summed E-state index contributed by atoms with van der Waals surface area (Å²) in [4.78, 5) is 2.11. The van der Waals surface area contributed by atoms with Gasteiger partial charge in [0.05, 0.1) is 12.2 Å². The van der Waals surface area contributed by atoms with E-state index in [9.17, 15) is 0 Å². The van der Waals surface area contributed by atoms with Crippen molar-refractivity contribution >= 4 is 11.6 Å². The Morgan fingerprint density at radius 2 is 2.09 bits per heavy atom. The Bertz CT molecular complexity index is 810. The van der Waals surface area contributed by atoms with E-state index in [1.807, 2.05) is 49.2 Å². The molecule has 0 fully saturated rings. The number of aryl methyl sites for hydroxylation is 2. The van der Waals surface area contributed by atoms with Crippen LogP contribution in [0.5, 0.6) is 0 Å². The Labute approximate surface area is 139 Å². The van der Waals surface area contributed by atoms with Gasteiger partial charge in [-0.15, -0.1) is 10.2 Å². The first-order chi connectivity index (χ1) is 11.0. The van der Waals surface area contributed by atoms with Crippen molar-refractivity contribution in [1.82, 2.24) is 24.9 Å². The van der Waals surface area contributed by atoms with Gasteiger partial charge in [-0.3, -0.25) is 9.58 Å². The SMILES string of the molecule is Cc1nnc(CN(C)Cc2cn(C)nc2-c2cccc(Cl)c2)o1. The normalized spacial score (nSPS) is 11.3. The van der Waals surface area contributed by atoms with Crippen molar-refractivity contribution in [2.45, 2.75) is 20.0 Å². The van der Waals surface area contributed by atoms with Gasteiger partial charge in [0, 0.05) is 42.9 Å². The van der Waals surface area contributed by atoms with E-state index in [0.717, 1.165) is 23.4 Å². The zero-order valence-corrected chi connectivity index (χ0v) is 14.1. The van der Waals surface area contributed by atoms with Crippen molar-refractivity contribution < 1.29 is 4.42 Å². The number of benzene rings is 1. The van der Waals surface area contributed by atoms with Gasteiger partial charge < -0.3 is 4.42 Å². The molecule has 0 atom stereocenters. The highest BCUT2D eigenvalue weighted by Gasteiger charge is 2.14. The van der Waals surface area contributed by atoms with Crippen molar-refractivity contribution in [2.75, 3.05) is 7.05 Å². The Morgan fingerprint density at radius 1 is 1.26 bits per heavy atom. The fourth-order valence-corrected chi connectivity index (χ4v) is 2.70. The quantitative estimate of drug-likeness (QED) is 0.719. The van der Waals surface area contributed by atoms with E-state index in [-0.39, 0.29) is 0 Å². The lowest BCUT2D eigenvalue weighted by atomic mass is 10.1. The highest BCUT2D eigenvalue weighted by atomic mass is 35.5. The topological polar surface area (TPSA) is 60.0 Å². The molecule has 0 spiro atoms.